The van der Waals surface area contributed by atoms with Crippen LogP contribution in [0.15, 0.2) is 18.2 Å². The second kappa shape index (κ2) is 6.35. The van der Waals surface area contributed by atoms with E-state index in [4.69, 9.17) is 16.7 Å². The molecule has 0 aliphatic carbocycles. The second-order valence-electron chi connectivity index (χ2n) is 4.78. The van der Waals surface area contributed by atoms with Crippen molar-refractivity contribution in [3.8, 4) is 0 Å². The van der Waals surface area contributed by atoms with Crippen molar-refractivity contribution in [3.63, 3.8) is 0 Å². The predicted octanol–water partition coefficient (Wildman–Crippen LogP) is 2.86. The van der Waals surface area contributed by atoms with Crippen molar-refractivity contribution in [1.29, 1.82) is 0 Å². The molecule has 1 heterocycles. The van der Waals surface area contributed by atoms with Crippen molar-refractivity contribution in [2.45, 2.75) is 31.7 Å². The summed E-state index contributed by atoms with van der Waals surface area (Å²) in [6.45, 7) is 0.755. The van der Waals surface area contributed by atoms with Crippen LogP contribution in [0.25, 0.3) is 0 Å². The van der Waals surface area contributed by atoms with Gasteiger partial charge in [-0.25, -0.2) is 4.39 Å². The highest BCUT2D eigenvalue weighted by atomic mass is 35.5. The molecule has 0 saturated carbocycles. The Hall–Kier alpha value is -1.13. The van der Waals surface area contributed by atoms with Crippen LogP contribution < -0.4 is 0 Å². The molecule has 1 aliphatic rings. The van der Waals surface area contributed by atoms with Crippen LogP contribution >= 0.6 is 11.6 Å². The molecule has 3 nitrogen and oxygen atoms in total. The zero-order chi connectivity index (χ0) is 13.8. The Kier molecular flexibility index (Phi) is 4.77. The van der Waals surface area contributed by atoms with Crippen LogP contribution in [0.2, 0.25) is 5.02 Å². The standard InChI is InChI=1S/C14H17ClFNO2/c15-10-5-6-13(16)12(9-10)14(19)17-7-1-3-11(17)4-2-8-18/h5-6,9,11,18H,1-4,7-8H2. The van der Waals surface area contributed by atoms with Gasteiger partial charge in [0.25, 0.3) is 5.91 Å². The maximum atomic E-state index is 13.7. The quantitative estimate of drug-likeness (QED) is 0.924. The number of benzene rings is 1. The van der Waals surface area contributed by atoms with Gasteiger partial charge >= 0.3 is 0 Å². The first-order valence-electron chi connectivity index (χ1n) is 6.50. The van der Waals surface area contributed by atoms with E-state index >= 15 is 0 Å². The fraction of sp³-hybridized carbons (Fsp3) is 0.500. The van der Waals surface area contributed by atoms with Gasteiger partial charge in [-0.1, -0.05) is 11.6 Å². The number of likely N-dealkylation sites (tertiary alicyclic amines) is 1. The van der Waals surface area contributed by atoms with Crippen LogP contribution in [-0.2, 0) is 0 Å². The van der Waals surface area contributed by atoms with Gasteiger partial charge in [0.15, 0.2) is 0 Å². The molecule has 19 heavy (non-hydrogen) atoms. The molecule has 0 radical (unpaired) electrons. The number of carbonyl (C=O) groups is 1. The zero-order valence-corrected chi connectivity index (χ0v) is 11.4. The molecule has 0 bridgehead atoms. The average Bonchev–Trinajstić information content (AvgIpc) is 2.86. The third-order valence-corrected chi connectivity index (χ3v) is 3.73. The van der Waals surface area contributed by atoms with Gasteiger partial charge < -0.3 is 10.0 Å². The Balaban J connectivity index is 2.16. The molecule has 2 rings (SSSR count). The monoisotopic (exact) mass is 285 g/mol. The van der Waals surface area contributed by atoms with E-state index in [-0.39, 0.29) is 24.1 Å². The first-order valence-corrected chi connectivity index (χ1v) is 6.88. The van der Waals surface area contributed by atoms with Gasteiger partial charge in [-0.2, -0.15) is 0 Å². The van der Waals surface area contributed by atoms with Crippen LogP contribution in [0, 0.1) is 5.82 Å². The third kappa shape index (κ3) is 3.25. The van der Waals surface area contributed by atoms with E-state index in [0.29, 0.717) is 18.0 Å². The molecule has 0 spiro atoms. The molecule has 1 aliphatic heterocycles. The lowest BCUT2D eigenvalue weighted by atomic mass is 10.1. The smallest absolute Gasteiger partial charge is 0.257 e. The summed E-state index contributed by atoms with van der Waals surface area (Å²) in [5.74, 6) is -0.845. The van der Waals surface area contributed by atoms with E-state index in [9.17, 15) is 9.18 Å². The summed E-state index contributed by atoms with van der Waals surface area (Å²) in [5.41, 5.74) is 0.0309. The number of aliphatic hydroxyl groups excluding tert-OH is 1. The van der Waals surface area contributed by atoms with E-state index < -0.39 is 5.82 Å². The Morgan fingerprint density at radius 1 is 1.53 bits per heavy atom. The maximum absolute atomic E-state index is 13.7. The van der Waals surface area contributed by atoms with Crippen molar-refractivity contribution >= 4 is 17.5 Å². The van der Waals surface area contributed by atoms with E-state index in [1.54, 1.807) is 4.90 Å². The lowest BCUT2D eigenvalue weighted by molar-refractivity contribution is 0.0719. The van der Waals surface area contributed by atoms with Gasteiger partial charge in [0.2, 0.25) is 0 Å². The molecule has 1 saturated heterocycles. The van der Waals surface area contributed by atoms with Gasteiger partial charge in [0, 0.05) is 24.2 Å². The third-order valence-electron chi connectivity index (χ3n) is 3.49. The topological polar surface area (TPSA) is 40.5 Å². The predicted molar refractivity (Wildman–Crippen MR) is 71.8 cm³/mol. The molecule has 1 aromatic carbocycles. The molecular formula is C14H17ClFNO2. The Morgan fingerprint density at radius 3 is 3.05 bits per heavy atom. The van der Waals surface area contributed by atoms with E-state index in [2.05, 4.69) is 0 Å². The largest absolute Gasteiger partial charge is 0.396 e. The van der Waals surface area contributed by atoms with E-state index in [1.165, 1.54) is 18.2 Å². The lowest BCUT2D eigenvalue weighted by Crippen LogP contribution is -2.36. The highest BCUT2D eigenvalue weighted by Gasteiger charge is 2.30. The van der Waals surface area contributed by atoms with Crippen LogP contribution in [0.3, 0.4) is 0 Å². The fourth-order valence-corrected chi connectivity index (χ4v) is 2.72. The molecule has 0 aromatic heterocycles. The number of rotatable bonds is 4. The highest BCUT2D eigenvalue weighted by molar-refractivity contribution is 6.31. The number of nitrogens with zero attached hydrogens (tertiary/aromatic N) is 1. The van der Waals surface area contributed by atoms with Crippen LogP contribution in [-0.4, -0.2) is 35.1 Å². The van der Waals surface area contributed by atoms with Gasteiger partial charge in [-0.3, -0.25) is 4.79 Å². The fourth-order valence-electron chi connectivity index (χ4n) is 2.55. The van der Waals surface area contributed by atoms with Crippen LogP contribution in [0.4, 0.5) is 4.39 Å². The first-order chi connectivity index (χ1) is 9.13. The lowest BCUT2D eigenvalue weighted by Gasteiger charge is -2.25. The minimum absolute atomic E-state index is 0.0309. The number of halogens is 2. The Labute approximate surface area is 117 Å². The average molecular weight is 286 g/mol. The molecule has 1 aromatic rings. The van der Waals surface area contributed by atoms with Crippen molar-refractivity contribution in [3.05, 3.63) is 34.6 Å². The summed E-state index contributed by atoms with van der Waals surface area (Å²) in [5, 5.41) is 9.23. The molecule has 1 unspecified atom stereocenters. The highest BCUT2D eigenvalue weighted by Crippen LogP contribution is 2.25. The number of aliphatic hydroxyl groups is 1. The van der Waals surface area contributed by atoms with Crippen molar-refractivity contribution < 1.29 is 14.3 Å². The number of carbonyl (C=O) groups excluding carboxylic acids is 1. The van der Waals surface area contributed by atoms with Gasteiger partial charge in [-0.15, -0.1) is 0 Å². The summed E-state index contributed by atoms with van der Waals surface area (Å²) in [6, 6.07) is 4.12. The molecular weight excluding hydrogens is 269 g/mol. The Bertz CT molecular complexity index is 467. The normalized spacial score (nSPS) is 18.9. The number of amides is 1. The maximum Gasteiger partial charge on any atom is 0.257 e. The summed E-state index contributed by atoms with van der Waals surface area (Å²) in [7, 11) is 0. The summed E-state index contributed by atoms with van der Waals surface area (Å²) >= 11 is 5.82. The van der Waals surface area contributed by atoms with E-state index in [1.807, 2.05) is 0 Å². The number of hydrogen-bond acceptors (Lipinski definition) is 2. The van der Waals surface area contributed by atoms with Gasteiger partial charge in [0.1, 0.15) is 5.82 Å². The molecule has 5 heteroatoms. The summed E-state index contributed by atoms with van der Waals surface area (Å²) in [4.78, 5) is 14.1. The van der Waals surface area contributed by atoms with Crippen molar-refractivity contribution in [1.82, 2.24) is 4.90 Å². The molecule has 104 valence electrons. The molecule has 1 fully saturated rings. The first kappa shape index (κ1) is 14.3. The van der Waals surface area contributed by atoms with Gasteiger partial charge in [-0.05, 0) is 43.9 Å². The minimum atomic E-state index is -0.540. The van der Waals surface area contributed by atoms with E-state index in [0.717, 1.165) is 19.3 Å². The summed E-state index contributed by atoms with van der Waals surface area (Å²) < 4.78 is 13.7. The van der Waals surface area contributed by atoms with Gasteiger partial charge in [0.05, 0.1) is 5.56 Å². The minimum Gasteiger partial charge on any atom is -0.396 e. The van der Waals surface area contributed by atoms with Crippen LogP contribution in [0.1, 0.15) is 36.0 Å². The molecule has 1 N–H and O–H groups in total. The van der Waals surface area contributed by atoms with Crippen molar-refractivity contribution in [2.75, 3.05) is 13.2 Å². The molecule has 1 amide bonds. The van der Waals surface area contributed by atoms with Crippen molar-refractivity contribution in [2.24, 2.45) is 0 Å². The summed E-state index contributed by atoms with van der Waals surface area (Å²) in [6.07, 6.45) is 3.24. The SMILES string of the molecule is O=C(c1cc(Cl)ccc1F)N1CCCC1CCCO. The number of hydrogen-bond donors (Lipinski definition) is 1. The zero-order valence-electron chi connectivity index (χ0n) is 10.6. The second-order valence-corrected chi connectivity index (χ2v) is 5.22. The molecule has 1 atom stereocenters. The van der Waals surface area contributed by atoms with Crippen LogP contribution in [0.5, 0.6) is 0 Å². The Morgan fingerprint density at radius 2 is 2.32 bits per heavy atom.